The number of pyridine rings is 1. The second kappa shape index (κ2) is 11.3. The first-order chi connectivity index (χ1) is 14.5. The van der Waals surface area contributed by atoms with Crippen LogP contribution in [0.15, 0.2) is 54.9 Å². The number of aryl methyl sites for hydroxylation is 2. The van der Waals surface area contributed by atoms with Gasteiger partial charge in [0.15, 0.2) is 0 Å². The summed E-state index contributed by atoms with van der Waals surface area (Å²) in [6.45, 7) is 17.0. The molecule has 162 valence electrons. The number of nitrogens with zero attached hydrogens (tertiary/aromatic N) is 3. The van der Waals surface area contributed by atoms with Crippen LogP contribution < -0.4 is 0 Å². The first kappa shape index (κ1) is 22.6. The van der Waals surface area contributed by atoms with E-state index in [1.165, 1.54) is 87.2 Å². The Morgan fingerprint density at radius 1 is 1.00 bits per heavy atom. The Labute approximate surface area is 183 Å². The van der Waals surface area contributed by atoms with Gasteiger partial charge in [0.2, 0.25) is 0 Å². The molecule has 3 heteroatoms. The molecule has 3 heterocycles. The van der Waals surface area contributed by atoms with Crippen molar-refractivity contribution in [3.8, 4) is 11.3 Å². The lowest BCUT2D eigenvalue weighted by Crippen LogP contribution is -2.34. The molecule has 0 N–H and O–H groups in total. The maximum Gasteiger partial charge on any atom is 0.0702 e. The van der Waals surface area contributed by atoms with E-state index in [0.29, 0.717) is 0 Å². The van der Waals surface area contributed by atoms with E-state index < -0.39 is 0 Å². The quantitative estimate of drug-likeness (QED) is 0.600. The molecule has 0 radical (unpaired) electrons. The maximum atomic E-state index is 4.39. The van der Waals surface area contributed by atoms with Crippen LogP contribution in [0.25, 0.3) is 11.3 Å². The van der Waals surface area contributed by atoms with Gasteiger partial charge in [-0.2, -0.15) is 0 Å². The third kappa shape index (κ3) is 6.70. The van der Waals surface area contributed by atoms with Crippen LogP contribution in [0.2, 0.25) is 0 Å². The fourth-order valence-electron chi connectivity index (χ4n) is 4.45. The second-order valence-corrected chi connectivity index (χ2v) is 8.93. The third-order valence-corrected chi connectivity index (χ3v) is 6.46. The zero-order valence-corrected chi connectivity index (χ0v) is 19.2. The predicted molar refractivity (Wildman–Crippen MR) is 129 cm³/mol. The van der Waals surface area contributed by atoms with E-state index in [0.717, 1.165) is 11.6 Å². The van der Waals surface area contributed by atoms with Crippen molar-refractivity contribution in [2.75, 3.05) is 32.7 Å². The number of aromatic nitrogens is 1. The molecule has 30 heavy (non-hydrogen) atoms. The van der Waals surface area contributed by atoms with Crippen LogP contribution in [-0.2, 0) is 0 Å². The standard InChI is InChI=1S/C14H26N2.C13H13N/c1-3-15-10-6-14(7-11-15)12-13(2)16-8-4-5-9-16;1-10-4-3-5-12(8-10)13-7-6-11(2)9-14-13/h14H,2-12H2,1H3;3-9H,1-2H3. The second-order valence-electron chi connectivity index (χ2n) is 8.93. The molecular weight excluding hydrogens is 366 g/mol. The molecule has 0 unspecified atom stereocenters. The van der Waals surface area contributed by atoms with Gasteiger partial charge in [0, 0.05) is 30.5 Å². The van der Waals surface area contributed by atoms with Gasteiger partial charge in [0.1, 0.15) is 0 Å². The van der Waals surface area contributed by atoms with Crippen LogP contribution >= 0.6 is 0 Å². The van der Waals surface area contributed by atoms with E-state index in [-0.39, 0.29) is 0 Å². The molecule has 3 nitrogen and oxygen atoms in total. The van der Waals surface area contributed by atoms with Crippen molar-refractivity contribution in [1.82, 2.24) is 14.8 Å². The minimum absolute atomic E-state index is 0.899. The highest BCUT2D eigenvalue weighted by Crippen LogP contribution is 2.26. The summed E-state index contributed by atoms with van der Waals surface area (Å²) in [5.74, 6) is 0.899. The molecule has 0 spiro atoms. The van der Waals surface area contributed by atoms with Crippen molar-refractivity contribution in [3.63, 3.8) is 0 Å². The highest BCUT2D eigenvalue weighted by molar-refractivity contribution is 5.59. The normalized spacial score (nSPS) is 17.5. The number of benzene rings is 1. The SMILES string of the molecule is C=C(CC1CCN(CC)CC1)N1CCCC1.Cc1ccc(-c2cccc(C)c2)nc1. The first-order valence-electron chi connectivity index (χ1n) is 11.7. The molecule has 0 bridgehead atoms. The Morgan fingerprint density at radius 3 is 2.33 bits per heavy atom. The number of piperidine rings is 1. The van der Waals surface area contributed by atoms with Crippen molar-refractivity contribution in [2.24, 2.45) is 5.92 Å². The van der Waals surface area contributed by atoms with Crippen LogP contribution in [0.4, 0.5) is 0 Å². The summed E-state index contributed by atoms with van der Waals surface area (Å²) in [5.41, 5.74) is 6.10. The highest BCUT2D eigenvalue weighted by atomic mass is 15.2. The van der Waals surface area contributed by atoms with Crippen LogP contribution in [0, 0.1) is 19.8 Å². The Kier molecular flexibility index (Phi) is 8.50. The van der Waals surface area contributed by atoms with Crippen molar-refractivity contribution >= 4 is 0 Å². The number of hydrogen-bond acceptors (Lipinski definition) is 3. The van der Waals surface area contributed by atoms with Gasteiger partial charge in [0.25, 0.3) is 0 Å². The largest absolute Gasteiger partial charge is 0.375 e. The zero-order valence-electron chi connectivity index (χ0n) is 19.2. The van der Waals surface area contributed by atoms with Gasteiger partial charge in [-0.05, 0) is 89.2 Å². The lowest BCUT2D eigenvalue weighted by Gasteiger charge is -2.32. The summed E-state index contributed by atoms with van der Waals surface area (Å²) in [6.07, 6.45) is 8.64. The van der Waals surface area contributed by atoms with Gasteiger partial charge >= 0.3 is 0 Å². The van der Waals surface area contributed by atoms with Crippen LogP contribution in [-0.4, -0.2) is 47.5 Å². The minimum atomic E-state index is 0.899. The van der Waals surface area contributed by atoms with E-state index in [9.17, 15) is 0 Å². The Balaban J connectivity index is 0.000000172. The van der Waals surface area contributed by atoms with Gasteiger partial charge in [-0.25, -0.2) is 0 Å². The van der Waals surface area contributed by atoms with Crippen molar-refractivity contribution in [2.45, 2.75) is 52.9 Å². The zero-order chi connectivity index (χ0) is 21.3. The van der Waals surface area contributed by atoms with Crippen molar-refractivity contribution in [3.05, 3.63) is 66.0 Å². The molecule has 1 aromatic carbocycles. The van der Waals surface area contributed by atoms with E-state index in [1.54, 1.807) is 0 Å². The van der Waals surface area contributed by atoms with Crippen molar-refractivity contribution in [1.29, 1.82) is 0 Å². The number of rotatable bonds is 5. The summed E-state index contributed by atoms with van der Waals surface area (Å²) >= 11 is 0. The molecule has 2 aromatic rings. The van der Waals surface area contributed by atoms with Gasteiger partial charge in [-0.1, -0.05) is 43.3 Å². The van der Waals surface area contributed by atoms with Gasteiger partial charge < -0.3 is 9.80 Å². The average molecular weight is 406 g/mol. The first-order valence-corrected chi connectivity index (χ1v) is 11.7. The average Bonchev–Trinajstić information content (AvgIpc) is 3.30. The summed E-state index contributed by atoms with van der Waals surface area (Å²) in [6, 6.07) is 12.5. The molecule has 4 rings (SSSR count). The van der Waals surface area contributed by atoms with E-state index in [4.69, 9.17) is 0 Å². The molecule has 0 saturated carbocycles. The number of likely N-dealkylation sites (tertiary alicyclic amines) is 2. The van der Waals surface area contributed by atoms with Gasteiger partial charge in [-0.15, -0.1) is 0 Å². The molecule has 0 aliphatic carbocycles. The monoisotopic (exact) mass is 405 g/mol. The fraction of sp³-hybridized carbons (Fsp3) is 0.519. The van der Waals surface area contributed by atoms with Crippen LogP contribution in [0.3, 0.4) is 0 Å². The minimum Gasteiger partial charge on any atom is -0.375 e. The van der Waals surface area contributed by atoms with Crippen LogP contribution in [0.5, 0.6) is 0 Å². The molecule has 2 saturated heterocycles. The maximum absolute atomic E-state index is 4.39. The summed E-state index contributed by atoms with van der Waals surface area (Å²) in [5, 5.41) is 0. The highest BCUT2D eigenvalue weighted by Gasteiger charge is 2.21. The molecule has 1 aromatic heterocycles. The fourth-order valence-corrected chi connectivity index (χ4v) is 4.45. The van der Waals surface area contributed by atoms with Crippen molar-refractivity contribution < 1.29 is 0 Å². The Bertz CT molecular complexity index is 782. The van der Waals surface area contributed by atoms with Crippen LogP contribution in [0.1, 0.15) is 50.2 Å². The third-order valence-electron chi connectivity index (χ3n) is 6.46. The van der Waals surface area contributed by atoms with Gasteiger partial charge in [0.05, 0.1) is 5.69 Å². The molecular formula is C27H39N3. The number of hydrogen-bond donors (Lipinski definition) is 0. The Hall–Kier alpha value is -2.13. The molecule has 2 aliphatic rings. The lowest BCUT2D eigenvalue weighted by atomic mass is 9.92. The summed E-state index contributed by atoms with van der Waals surface area (Å²) in [4.78, 5) is 9.46. The van der Waals surface area contributed by atoms with E-state index >= 15 is 0 Å². The predicted octanol–water partition coefficient (Wildman–Crippen LogP) is 6.08. The molecule has 0 atom stereocenters. The lowest BCUT2D eigenvalue weighted by molar-refractivity contribution is 0.186. The molecule has 2 aliphatic heterocycles. The van der Waals surface area contributed by atoms with Gasteiger partial charge in [-0.3, -0.25) is 4.98 Å². The molecule has 2 fully saturated rings. The number of allylic oxidation sites excluding steroid dienone is 1. The van der Waals surface area contributed by atoms with E-state index in [2.05, 4.69) is 71.6 Å². The Morgan fingerprint density at radius 2 is 1.73 bits per heavy atom. The summed E-state index contributed by atoms with van der Waals surface area (Å²) in [7, 11) is 0. The van der Waals surface area contributed by atoms with E-state index in [1.807, 2.05) is 13.1 Å². The summed E-state index contributed by atoms with van der Waals surface area (Å²) < 4.78 is 0. The smallest absolute Gasteiger partial charge is 0.0702 e. The topological polar surface area (TPSA) is 19.4 Å². The molecule has 0 amide bonds.